The number of carbonyl (C=O) groups excluding carboxylic acids is 1. The van der Waals surface area contributed by atoms with Gasteiger partial charge in [0, 0.05) is 29.4 Å². The Morgan fingerprint density at radius 2 is 1.69 bits per heavy atom. The van der Waals surface area contributed by atoms with Crippen molar-refractivity contribution in [1.29, 1.82) is 0 Å². The maximum atomic E-state index is 14.1. The molecule has 1 saturated heterocycles. The summed E-state index contributed by atoms with van der Waals surface area (Å²) in [5.74, 6) is -0.223. The van der Waals surface area contributed by atoms with E-state index in [-0.39, 0.29) is 29.0 Å². The summed E-state index contributed by atoms with van der Waals surface area (Å²) in [6.07, 6.45) is 2.48. The largest absolute Gasteiger partial charge is 0.508 e. The quantitative estimate of drug-likeness (QED) is 0.337. The van der Waals surface area contributed by atoms with Gasteiger partial charge in [-0.3, -0.25) is 9.78 Å². The Morgan fingerprint density at radius 3 is 2.37 bits per heavy atom. The molecule has 1 aromatic heterocycles. The summed E-state index contributed by atoms with van der Waals surface area (Å²) < 4.78 is 14.1. The number of benzene rings is 3. The second kappa shape index (κ2) is 9.90. The second-order valence-electron chi connectivity index (χ2n) is 8.32. The molecule has 5 rings (SSSR count). The van der Waals surface area contributed by atoms with Crippen molar-refractivity contribution >= 4 is 23.4 Å². The SMILES string of the molecule is O=C1[C@H](SC[C@H](O)c2ccccc2F)[C@@H](c2ccc(O)cc2)N1c1ccc(-c2cccnc2)cc1. The number of aromatic hydroxyl groups is 1. The minimum absolute atomic E-state index is 0.0806. The molecule has 0 unspecified atom stereocenters. The highest BCUT2D eigenvalue weighted by atomic mass is 32.2. The number of phenols is 1. The van der Waals surface area contributed by atoms with Gasteiger partial charge in [0.05, 0.1) is 12.1 Å². The molecule has 0 spiro atoms. The Morgan fingerprint density at radius 1 is 0.943 bits per heavy atom. The highest BCUT2D eigenvalue weighted by molar-refractivity contribution is 8.00. The molecule has 2 N–H and O–H groups in total. The monoisotopic (exact) mass is 486 g/mol. The van der Waals surface area contributed by atoms with Crippen molar-refractivity contribution in [3.8, 4) is 16.9 Å². The maximum absolute atomic E-state index is 14.1. The molecule has 2 heterocycles. The zero-order valence-corrected chi connectivity index (χ0v) is 19.5. The second-order valence-corrected chi connectivity index (χ2v) is 9.50. The lowest BCUT2D eigenvalue weighted by Crippen LogP contribution is -2.57. The molecule has 176 valence electrons. The molecule has 4 aromatic rings. The number of pyridine rings is 1. The number of halogens is 1. The third-order valence-corrected chi connectivity index (χ3v) is 7.45. The van der Waals surface area contributed by atoms with E-state index in [1.165, 1.54) is 17.8 Å². The molecule has 0 aliphatic carbocycles. The molecule has 1 amide bonds. The van der Waals surface area contributed by atoms with Crippen LogP contribution in [0.4, 0.5) is 10.1 Å². The lowest BCUT2D eigenvalue weighted by Gasteiger charge is -2.47. The summed E-state index contributed by atoms with van der Waals surface area (Å²) in [7, 11) is 0. The molecule has 3 aromatic carbocycles. The van der Waals surface area contributed by atoms with Gasteiger partial charge in [0.2, 0.25) is 5.91 Å². The molecule has 1 fully saturated rings. The Labute approximate surface area is 206 Å². The fourth-order valence-corrected chi connectivity index (χ4v) is 5.57. The Balaban J connectivity index is 1.38. The lowest BCUT2D eigenvalue weighted by atomic mass is 9.92. The van der Waals surface area contributed by atoms with Gasteiger partial charge in [-0.1, -0.05) is 48.5 Å². The molecule has 0 bridgehead atoms. The average Bonchev–Trinajstić information content (AvgIpc) is 2.89. The minimum Gasteiger partial charge on any atom is -0.508 e. The summed E-state index contributed by atoms with van der Waals surface area (Å²) in [5.41, 5.74) is 3.83. The van der Waals surface area contributed by atoms with Crippen LogP contribution in [0.1, 0.15) is 23.3 Å². The van der Waals surface area contributed by atoms with E-state index in [1.807, 2.05) is 36.4 Å². The van der Waals surface area contributed by atoms with Gasteiger partial charge in [0.25, 0.3) is 0 Å². The summed E-state index contributed by atoms with van der Waals surface area (Å²) in [6, 6.07) is 24.2. The molecule has 7 heteroatoms. The Kier molecular flexibility index (Phi) is 6.53. The number of aromatic nitrogens is 1. The van der Waals surface area contributed by atoms with E-state index in [0.29, 0.717) is 0 Å². The fraction of sp³-hybridized carbons (Fsp3) is 0.143. The van der Waals surface area contributed by atoms with Crippen LogP contribution in [0.3, 0.4) is 0 Å². The lowest BCUT2D eigenvalue weighted by molar-refractivity contribution is -0.123. The van der Waals surface area contributed by atoms with Gasteiger partial charge in [0.15, 0.2) is 0 Å². The van der Waals surface area contributed by atoms with Crippen LogP contribution in [0.5, 0.6) is 5.75 Å². The topological polar surface area (TPSA) is 73.7 Å². The molecule has 1 aliphatic rings. The van der Waals surface area contributed by atoms with Crippen LogP contribution >= 0.6 is 11.8 Å². The first-order chi connectivity index (χ1) is 17.0. The van der Waals surface area contributed by atoms with E-state index < -0.39 is 17.2 Å². The highest BCUT2D eigenvalue weighted by Gasteiger charge is 2.49. The van der Waals surface area contributed by atoms with Crippen LogP contribution < -0.4 is 4.90 Å². The minimum atomic E-state index is -1.03. The van der Waals surface area contributed by atoms with Crippen LogP contribution in [0.2, 0.25) is 0 Å². The number of nitrogens with zero attached hydrogens (tertiary/aromatic N) is 2. The van der Waals surface area contributed by atoms with Crippen LogP contribution in [-0.2, 0) is 4.79 Å². The number of anilines is 1. The van der Waals surface area contributed by atoms with E-state index in [2.05, 4.69) is 4.98 Å². The first-order valence-electron chi connectivity index (χ1n) is 11.2. The summed E-state index contributed by atoms with van der Waals surface area (Å²) in [6.45, 7) is 0. The van der Waals surface area contributed by atoms with Gasteiger partial charge in [-0.15, -0.1) is 11.8 Å². The third-order valence-electron chi connectivity index (χ3n) is 6.12. The van der Waals surface area contributed by atoms with Gasteiger partial charge >= 0.3 is 0 Å². The average molecular weight is 487 g/mol. The number of carbonyl (C=O) groups is 1. The fourth-order valence-electron chi connectivity index (χ4n) is 4.29. The zero-order valence-electron chi connectivity index (χ0n) is 18.7. The highest BCUT2D eigenvalue weighted by Crippen LogP contribution is 2.46. The number of hydrogen-bond donors (Lipinski definition) is 2. The van der Waals surface area contributed by atoms with E-state index in [1.54, 1.807) is 59.8 Å². The summed E-state index contributed by atoms with van der Waals surface area (Å²) >= 11 is 1.31. The molecular formula is C28H23FN2O3S. The van der Waals surface area contributed by atoms with E-state index in [4.69, 9.17) is 0 Å². The number of thioether (sulfide) groups is 1. The van der Waals surface area contributed by atoms with Gasteiger partial charge in [0.1, 0.15) is 16.8 Å². The Bertz CT molecular complexity index is 1320. The first-order valence-corrected chi connectivity index (χ1v) is 12.2. The normalized spacial score (nSPS) is 18.2. The van der Waals surface area contributed by atoms with Crippen LogP contribution in [0.15, 0.2) is 97.3 Å². The molecule has 5 nitrogen and oxygen atoms in total. The summed E-state index contributed by atoms with van der Waals surface area (Å²) in [4.78, 5) is 19.2. The van der Waals surface area contributed by atoms with E-state index in [0.717, 1.165) is 22.4 Å². The van der Waals surface area contributed by atoms with Gasteiger partial charge in [-0.05, 0) is 53.1 Å². The number of β-lactam (4-membered cyclic amide) rings is 1. The van der Waals surface area contributed by atoms with Gasteiger partial charge in [-0.2, -0.15) is 0 Å². The van der Waals surface area contributed by atoms with Crippen LogP contribution in [0, 0.1) is 5.82 Å². The van der Waals surface area contributed by atoms with Crippen molar-refractivity contribution in [2.24, 2.45) is 0 Å². The number of aliphatic hydroxyl groups is 1. The molecular weight excluding hydrogens is 463 g/mol. The smallest absolute Gasteiger partial charge is 0.243 e. The Hall–Kier alpha value is -3.68. The van der Waals surface area contributed by atoms with Crippen molar-refractivity contribution in [3.63, 3.8) is 0 Å². The summed E-state index contributed by atoms with van der Waals surface area (Å²) in [5, 5.41) is 19.8. The van der Waals surface area contributed by atoms with Gasteiger partial charge in [-0.25, -0.2) is 4.39 Å². The predicted octanol–water partition coefficient (Wildman–Crippen LogP) is 5.52. The first kappa shape index (κ1) is 23.1. The van der Waals surface area contributed by atoms with Crippen LogP contribution in [0.25, 0.3) is 11.1 Å². The molecule has 0 radical (unpaired) electrons. The number of rotatable bonds is 7. The third kappa shape index (κ3) is 4.65. The molecule has 0 saturated carbocycles. The molecule has 35 heavy (non-hydrogen) atoms. The van der Waals surface area contributed by atoms with Crippen molar-refractivity contribution in [3.05, 3.63) is 114 Å². The molecule has 1 aliphatic heterocycles. The number of phenolic OH excluding ortho intramolecular Hbond substituents is 1. The van der Waals surface area contributed by atoms with Crippen molar-refractivity contribution in [2.75, 3.05) is 10.7 Å². The standard InChI is InChI=1S/C28H23FN2O3S/c29-24-6-2-1-5-23(24)25(33)17-35-27-26(19-9-13-22(32)14-10-19)31(28(27)34)21-11-7-18(8-12-21)20-4-3-15-30-16-20/h1-16,25-27,32-33H,17H2/t25-,26+,27+/m0/s1. The predicted molar refractivity (Wildman–Crippen MR) is 136 cm³/mol. The van der Waals surface area contributed by atoms with E-state index in [9.17, 15) is 19.4 Å². The molecule has 3 atom stereocenters. The maximum Gasteiger partial charge on any atom is 0.243 e. The zero-order chi connectivity index (χ0) is 24.4. The number of aliphatic hydroxyl groups excluding tert-OH is 1. The number of amides is 1. The van der Waals surface area contributed by atoms with Crippen molar-refractivity contribution in [1.82, 2.24) is 4.98 Å². The van der Waals surface area contributed by atoms with Crippen LogP contribution in [-0.4, -0.2) is 32.1 Å². The number of hydrogen-bond acceptors (Lipinski definition) is 5. The van der Waals surface area contributed by atoms with Crippen molar-refractivity contribution in [2.45, 2.75) is 17.4 Å². The van der Waals surface area contributed by atoms with Crippen molar-refractivity contribution < 1.29 is 19.4 Å². The van der Waals surface area contributed by atoms with E-state index >= 15 is 0 Å². The van der Waals surface area contributed by atoms with Gasteiger partial charge < -0.3 is 15.1 Å².